The lowest BCUT2D eigenvalue weighted by Gasteiger charge is -2.23. The summed E-state index contributed by atoms with van der Waals surface area (Å²) in [6, 6.07) is 11.6. The Morgan fingerprint density at radius 2 is 2.05 bits per heavy atom. The predicted octanol–water partition coefficient (Wildman–Crippen LogP) is 3.84. The molecule has 1 aliphatic heterocycles. The van der Waals surface area contributed by atoms with Gasteiger partial charge in [-0.15, -0.1) is 0 Å². The molecule has 1 heterocycles. The summed E-state index contributed by atoms with van der Waals surface area (Å²) in [6.07, 6.45) is 0.758. The summed E-state index contributed by atoms with van der Waals surface area (Å²) < 4.78 is 0. The molecule has 0 saturated carbocycles. The summed E-state index contributed by atoms with van der Waals surface area (Å²) in [5.41, 5.74) is 1.93. The second-order valence-corrected chi connectivity index (χ2v) is 5.69. The fourth-order valence-electron chi connectivity index (χ4n) is 2.80. The van der Waals surface area contributed by atoms with E-state index >= 15 is 0 Å². The van der Waals surface area contributed by atoms with Crippen LogP contribution in [-0.2, 0) is 6.42 Å². The third kappa shape index (κ3) is 2.33. The minimum absolute atomic E-state index is 0.0137. The number of hydrogen-bond acceptors (Lipinski definition) is 3. The summed E-state index contributed by atoms with van der Waals surface area (Å²) in [7, 11) is 0. The topological polar surface area (TPSA) is 63.5 Å². The van der Waals surface area contributed by atoms with Crippen LogP contribution in [0, 0.1) is 10.1 Å². The maximum atomic E-state index is 12.8. The molecule has 2 aromatic rings. The summed E-state index contributed by atoms with van der Waals surface area (Å²) in [5.74, 6) is -0.314. The van der Waals surface area contributed by atoms with Crippen molar-refractivity contribution in [3.8, 4) is 0 Å². The number of non-ortho nitro benzene ring substituents is 1. The number of nitro groups is 1. The number of nitrogens with zero attached hydrogens (tertiary/aromatic N) is 2. The van der Waals surface area contributed by atoms with Gasteiger partial charge in [0.1, 0.15) is 0 Å². The van der Waals surface area contributed by atoms with E-state index in [1.807, 2.05) is 31.2 Å². The Bertz CT molecular complexity index is 776. The smallest absolute Gasteiger partial charge is 0.270 e. The van der Waals surface area contributed by atoms with E-state index in [0.717, 1.165) is 17.7 Å². The van der Waals surface area contributed by atoms with Gasteiger partial charge in [-0.3, -0.25) is 14.9 Å². The number of hydrogen-bond donors (Lipinski definition) is 0. The summed E-state index contributed by atoms with van der Waals surface area (Å²) in [5, 5.41) is 11.1. The second kappa shape index (κ2) is 5.42. The van der Waals surface area contributed by atoms with Crippen molar-refractivity contribution in [2.45, 2.75) is 19.4 Å². The summed E-state index contributed by atoms with van der Waals surface area (Å²) in [4.78, 5) is 24.9. The number of amides is 1. The molecule has 0 N–H and O–H groups in total. The van der Waals surface area contributed by atoms with Gasteiger partial charge in [0, 0.05) is 23.9 Å². The standard InChI is InChI=1S/C16H13ClN2O3/c1-10-8-11-4-2-3-5-15(11)18(10)16(20)13-9-12(19(21)22)6-7-14(13)17/h2-7,9-10H,8H2,1H3/t10-/m0/s1. The van der Waals surface area contributed by atoms with Gasteiger partial charge in [-0.25, -0.2) is 0 Å². The van der Waals surface area contributed by atoms with E-state index in [0.29, 0.717) is 0 Å². The molecule has 3 rings (SSSR count). The van der Waals surface area contributed by atoms with Crippen LogP contribution in [0.2, 0.25) is 5.02 Å². The van der Waals surface area contributed by atoms with Crippen LogP contribution in [0.15, 0.2) is 42.5 Å². The molecule has 0 unspecified atom stereocenters. The van der Waals surface area contributed by atoms with Gasteiger partial charge in [-0.1, -0.05) is 29.8 Å². The minimum atomic E-state index is -0.533. The maximum Gasteiger partial charge on any atom is 0.270 e. The fourth-order valence-corrected chi connectivity index (χ4v) is 2.99. The average Bonchev–Trinajstić information content (AvgIpc) is 2.82. The molecule has 0 radical (unpaired) electrons. The Balaban J connectivity index is 2.05. The van der Waals surface area contributed by atoms with Crippen LogP contribution in [0.25, 0.3) is 0 Å². The highest BCUT2D eigenvalue weighted by Crippen LogP contribution is 2.34. The number of carbonyl (C=O) groups is 1. The lowest BCUT2D eigenvalue weighted by molar-refractivity contribution is -0.384. The van der Waals surface area contributed by atoms with Crippen molar-refractivity contribution in [1.82, 2.24) is 0 Å². The summed E-state index contributed by atoms with van der Waals surface area (Å²) in [6.45, 7) is 1.95. The molecule has 112 valence electrons. The second-order valence-electron chi connectivity index (χ2n) is 5.28. The largest absolute Gasteiger partial charge is 0.305 e. The molecular weight excluding hydrogens is 304 g/mol. The Kier molecular flexibility index (Phi) is 3.58. The first-order valence-corrected chi connectivity index (χ1v) is 7.22. The number of anilines is 1. The van der Waals surface area contributed by atoms with E-state index < -0.39 is 4.92 Å². The van der Waals surface area contributed by atoms with Crippen molar-refractivity contribution in [1.29, 1.82) is 0 Å². The Morgan fingerprint density at radius 1 is 1.32 bits per heavy atom. The first-order chi connectivity index (χ1) is 10.5. The van der Waals surface area contributed by atoms with Gasteiger partial charge in [0.25, 0.3) is 11.6 Å². The Labute approximate surface area is 132 Å². The monoisotopic (exact) mass is 316 g/mol. The van der Waals surface area contributed by atoms with Crippen LogP contribution in [0.1, 0.15) is 22.8 Å². The van der Waals surface area contributed by atoms with Crippen molar-refractivity contribution in [3.05, 3.63) is 68.7 Å². The molecule has 1 aliphatic rings. The van der Waals surface area contributed by atoms with Crippen LogP contribution < -0.4 is 4.90 Å². The van der Waals surface area contributed by atoms with Crippen molar-refractivity contribution in [2.75, 3.05) is 4.90 Å². The number of para-hydroxylation sites is 1. The van der Waals surface area contributed by atoms with Gasteiger partial charge < -0.3 is 4.90 Å². The molecule has 0 saturated heterocycles. The van der Waals surface area contributed by atoms with E-state index in [1.54, 1.807) is 4.90 Å². The SMILES string of the molecule is C[C@H]1Cc2ccccc2N1C(=O)c1cc([N+](=O)[O-])ccc1Cl. The number of carbonyl (C=O) groups excluding carboxylic acids is 1. The maximum absolute atomic E-state index is 12.8. The van der Waals surface area contributed by atoms with Crippen molar-refractivity contribution >= 4 is 28.9 Å². The zero-order chi connectivity index (χ0) is 15.9. The van der Waals surface area contributed by atoms with Gasteiger partial charge in [0.2, 0.25) is 0 Å². The van der Waals surface area contributed by atoms with Gasteiger partial charge >= 0.3 is 0 Å². The lowest BCUT2D eigenvalue weighted by atomic mass is 10.1. The van der Waals surface area contributed by atoms with Crippen molar-refractivity contribution in [3.63, 3.8) is 0 Å². The predicted molar refractivity (Wildman–Crippen MR) is 84.5 cm³/mol. The quantitative estimate of drug-likeness (QED) is 0.624. The van der Waals surface area contributed by atoms with Gasteiger partial charge in [-0.2, -0.15) is 0 Å². The number of benzene rings is 2. The van der Waals surface area contributed by atoms with Crippen LogP contribution in [0.4, 0.5) is 11.4 Å². The first kappa shape index (κ1) is 14.5. The van der Waals surface area contributed by atoms with E-state index in [-0.39, 0.29) is 28.2 Å². The fraction of sp³-hybridized carbons (Fsp3) is 0.188. The van der Waals surface area contributed by atoms with Crippen LogP contribution in [0.5, 0.6) is 0 Å². The zero-order valence-corrected chi connectivity index (χ0v) is 12.6. The number of nitro benzene ring substituents is 1. The molecule has 6 heteroatoms. The Hall–Kier alpha value is -2.40. The molecule has 0 spiro atoms. The summed E-state index contributed by atoms with van der Waals surface area (Å²) >= 11 is 6.08. The van der Waals surface area contributed by atoms with E-state index in [2.05, 4.69) is 0 Å². The highest BCUT2D eigenvalue weighted by molar-refractivity contribution is 6.34. The molecule has 0 aliphatic carbocycles. The molecule has 2 aromatic carbocycles. The molecule has 22 heavy (non-hydrogen) atoms. The molecule has 0 aromatic heterocycles. The average molecular weight is 317 g/mol. The Morgan fingerprint density at radius 3 is 2.77 bits per heavy atom. The van der Waals surface area contributed by atoms with Crippen molar-refractivity contribution in [2.24, 2.45) is 0 Å². The van der Waals surface area contributed by atoms with Gasteiger partial charge in [0.15, 0.2) is 0 Å². The van der Waals surface area contributed by atoms with Crippen molar-refractivity contribution < 1.29 is 9.72 Å². The number of rotatable bonds is 2. The zero-order valence-electron chi connectivity index (χ0n) is 11.8. The molecule has 1 amide bonds. The van der Waals surface area contributed by atoms with E-state index in [9.17, 15) is 14.9 Å². The minimum Gasteiger partial charge on any atom is -0.305 e. The molecule has 1 atom stereocenters. The van der Waals surface area contributed by atoms with Gasteiger partial charge in [-0.05, 0) is 31.0 Å². The van der Waals surface area contributed by atoms with E-state index in [4.69, 9.17) is 11.6 Å². The number of fused-ring (bicyclic) bond motifs is 1. The number of halogens is 1. The van der Waals surface area contributed by atoms with Crippen LogP contribution in [-0.4, -0.2) is 16.9 Å². The van der Waals surface area contributed by atoms with Gasteiger partial charge in [0.05, 0.1) is 15.5 Å². The third-order valence-electron chi connectivity index (χ3n) is 3.82. The highest BCUT2D eigenvalue weighted by atomic mass is 35.5. The van der Waals surface area contributed by atoms with E-state index in [1.165, 1.54) is 18.2 Å². The molecule has 5 nitrogen and oxygen atoms in total. The third-order valence-corrected chi connectivity index (χ3v) is 4.15. The van der Waals surface area contributed by atoms with Crippen LogP contribution >= 0.6 is 11.6 Å². The highest BCUT2D eigenvalue weighted by Gasteiger charge is 2.32. The van der Waals surface area contributed by atoms with Crippen LogP contribution in [0.3, 0.4) is 0 Å². The first-order valence-electron chi connectivity index (χ1n) is 6.84. The molecular formula is C16H13ClN2O3. The lowest BCUT2D eigenvalue weighted by Crippen LogP contribution is -2.35. The normalized spacial score (nSPS) is 16.5. The molecule has 0 fully saturated rings. The molecule has 0 bridgehead atoms.